The number of amides is 1. The Kier molecular flexibility index (Phi) is 6.36. The maximum absolute atomic E-state index is 13.6. The molecular weight excluding hydrogens is 374 g/mol. The van der Waals surface area contributed by atoms with Crippen LogP contribution in [0.25, 0.3) is 0 Å². The molecule has 0 saturated heterocycles. The van der Waals surface area contributed by atoms with E-state index in [2.05, 4.69) is 51.2 Å². The van der Waals surface area contributed by atoms with Crippen molar-refractivity contribution in [2.75, 3.05) is 7.11 Å². The highest BCUT2D eigenvalue weighted by Gasteiger charge is 2.55. The van der Waals surface area contributed by atoms with Crippen molar-refractivity contribution in [3.8, 4) is 0 Å². The number of benzene rings is 1. The van der Waals surface area contributed by atoms with Gasteiger partial charge in [-0.3, -0.25) is 4.79 Å². The summed E-state index contributed by atoms with van der Waals surface area (Å²) >= 11 is 0. The zero-order valence-corrected chi connectivity index (χ0v) is 19.8. The van der Waals surface area contributed by atoms with Gasteiger partial charge in [0.1, 0.15) is 6.04 Å². The van der Waals surface area contributed by atoms with Gasteiger partial charge in [0.05, 0.1) is 12.5 Å². The van der Waals surface area contributed by atoms with Crippen molar-refractivity contribution in [2.24, 2.45) is 17.3 Å². The molecule has 0 bridgehead atoms. The molecule has 1 saturated carbocycles. The van der Waals surface area contributed by atoms with Crippen molar-refractivity contribution in [3.05, 3.63) is 34.9 Å². The van der Waals surface area contributed by atoms with Crippen LogP contribution < -0.4 is 5.32 Å². The van der Waals surface area contributed by atoms with Gasteiger partial charge in [-0.2, -0.15) is 0 Å². The molecule has 0 spiro atoms. The molecular formula is C26H39NO3. The zero-order chi connectivity index (χ0) is 22.3. The molecule has 2 aliphatic carbocycles. The van der Waals surface area contributed by atoms with Crippen molar-refractivity contribution in [3.63, 3.8) is 0 Å². The fourth-order valence-electron chi connectivity index (χ4n) is 6.07. The quantitative estimate of drug-likeness (QED) is 0.681. The van der Waals surface area contributed by atoms with E-state index < -0.39 is 11.5 Å². The molecule has 0 aromatic heterocycles. The van der Waals surface area contributed by atoms with E-state index in [0.29, 0.717) is 5.92 Å². The summed E-state index contributed by atoms with van der Waals surface area (Å²) in [5.74, 6) is 0.415. The first-order chi connectivity index (χ1) is 14.0. The third kappa shape index (κ3) is 3.78. The topological polar surface area (TPSA) is 55.4 Å². The molecule has 0 heterocycles. The summed E-state index contributed by atoms with van der Waals surface area (Å²) in [7, 11) is 1.38. The van der Waals surface area contributed by atoms with Crippen LogP contribution in [-0.2, 0) is 26.2 Å². The Bertz CT molecular complexity index is 814. The van der Waals surface area contributed by atoms with Gasteiger partial charge < -0.3 is 10.1 Å². The smallest absolute Gasteiger partial charge is 0.328 e. The van der Waals surface area contributed by atoms with E-state index in [9.17, 15) is 9.59 Å². The van der Waals surface area contributed by atoms with Gasteiger partial charge in [-0.15, -0.1) is 0 Å². The van der Waals surface area contributed by atoms with Crippen LogP contribution in [0.2, 0.25) is 0 Å². The molecule has 166 valence electrons. The van der Waals surface area contributed by atoms with Gasteiger partial charge in [0.2, 0.25) is 5.91 Å². The highest BCUT2D eigenvalue weighted by atomic mass is 16.5. The molecule has 1 amide bonds. The second-order valence-corrected chi connectivity index (χ2v) is 10.6. The number of aryl methyl sites for hydroxylation is 1. The summed E-state index contributed by atoms with van der Waals surface area (Å²) in [6, 6.07) is 6.39. The number of hydrogen-bond acceptors (Lipinski definition) is 3. The number of nitrogens with one attached hydrogen (secondary N) is 1. The van der Waals surface area contributed by atoms with Gasteiger partial charge in [-0.1, -0.05) is 66.2 Å². The molecule has 4 nitrogen and oxygen atoms in total. The lowest BCUT2D eigenvalue weighted by atomic mass is 9.49. The lowest BCUT2D eigenvalue weighted by molar-refractivity contribution is -0.150. The average molecular weight is 414 g/mol. The number of rotatable bonds is 5. The van der Waals surface area contributed by atoms with Crippen molar-refractivity contribution in [1.29, 1.82) is 0 Å². The summed E-state index contributed by atoms with van der Waals surface area (Å²) in [4.78, 5) is 25.8. The first kappa shape index (κ1) is 22.8. The number of esters is 1. The second-order valence-electron chi connectivity index (χ2n) is 10.6. The summed E-state index contributed by atoms with van der Waals surface area (Å²) in [5.41, 5.74) is 3.79. The lowest BCUT2D eigenvalue weighted by Gasteiger charge is -2.54. The Morgan fingerprint density at radius 2 is 1.83 bits per heavy atom. The van der Waals surface area contributed by atoms with Crippen molar-refractivity contribution >= 4 is 11.9 Å². The molecule has 30 heavy (non-hydrogen) atoms. The van der Waals surface area contributed by atoms with E-state index in [4.69, 9.17) is 4.74 Å². The maximum Gasteiger partial charge on any atom is 0.328 e. The Balaban J connectivity index is 1.93. The highest BCUT2D eigenvalue weighted by molar-refractivity contribution is 5.88. The highest BCUT2D eigenvalue weighted by Crippen LogP contribution is 2.57. The third-order valence-corrected chi connectivity index (χ3v) is 7.97. The minimum Gasteiger partial charge on any atom is -0.467 e. The second kappa shape index (κ2) is 8.36. The number of carbonyl (C=O) groups is 2. The van der Waals surface area contributed by atoms with E-state index in [1.165, 1.54) is 23.8 Å². The molecule has 1 aromatic carbocycles. The first-order valence-corrected chi connectivity index (χ1v) is 11.6. The fraction of sp³-hybridized carbons (Fsp3) is 0.692. The van der Waals surface area contributed by atoms with E-state index in [-0.39, 0.29) is 29.1 Å². The van der Waals surface area contributed by atoms with Gasteiger partial charge in [0.15, 0.2) is 0 Å². The SMILES string of the molecule is COC(=O)[C@@H](NC(=O)[C@]1(C)CCC[C@]2(C)c3ccc(C(C)C)cc3CC[C@@H]12)C(C)C. The Hall–Kier alpha value is -1.84. The Morgan fingerprint density at radius 3 is 2.43 bits per heavy atom. The molecule has 3 rings (SSSR count). The van der Waals surface area contributed by atoms with Crippen LogP contribution in [0.4, 0.5) is 0 Å². The zero-order valence-electron chi connectivity index (χ0n) is 19.8. The third-order valence-electron chi connectivity index (χ3n) is 7.97. The largest absolute Gasteiger partial charge is 0.467 e. The Labute approximate surface area is 182 Å². The summed E-state index contributed by atoms with van der Waals surface area (Å²) in [6.45, 7) is 12.8. The molecule has 2 aliphatic rings. The van der Waals surface area contributed by atoms with Crippen LogP contribution in [-0.4, -0.2) is 25.0 Å². The summed E-state index contributed by atoms with van der Waals surface area (Å²) in [6.07, 6.45) is 5.03. The molecule has 0 aliphatic heterocycles. The fourth-order valence-corrected chi connectivity index (χ4v) is 6.07. The van der Waals surface area contributed by atoms with E-state index in [1.807, 2.05) is 13.8 Å². The normalized spacial score (nSPS) is 29.2. The minimum absolute atomic E-state index is 0.00442. The van der Waals surface area contributed by atoms with Crippen LogP contribution in [0.1, 0.15) is 89.8 Å². The van der Waals surface area contributed by atoms with Crippen LogP contribution >= 0.6 is 0 Å². The molecule has 1 fully saturated rings. The number of ether oxygens (including phenoxy) is 1. The van der Waals surface area contributed by atoms with Gasteiger partial charge in [0, 0.05) is 0 Å². The number of methoxy groups -OCH3 is 1. The lowest BCUT2D eigenvalue weighted by Crippen LogP contribution is -2.58. The molecule has 0 radical (unpaired) electrons. The van der Waals surface area contributed by atoms with Crippen LogP contribution in [0.15, 0.2) is 18.2 Å². The van der Waals surface area contributed by atoms with Gasteiger partial charge in [-0.05, 0) is 65.5 Å². The van der Waals surface area contributed by atoms with Crippen molar-refractivity contribution in [2.45, 2.75) is 91.0 Å². The van der Waals surface area contributed by atoms with E-state index >= 15 is 0 Å². The molecule has 4 heteroatoms. The van der Waals surface area contributed by atoms with E-state index in [0.717, 1.165) is 32.1 Å². The van der Waals surface area contributed by atoms with Crippen LogP contribution in [0.3, 0.4) is 0 Å². The van der Waals surface area contributed by atoms with Gasteiger partial charge in [0.25, 0.3) is 0 Å². The average Bonchev–Trinajstić information content (AvgIpc) is 2.70. The van der Waals surface area contributed by atoms with E-state index in [1.54, 1.807) is 0 Å². The predicted octanol–water partition coefficient (Wildman–Crippen LogP) is 5.13. The maximum atomic E-state index is 13.6. The minimum atomic E-state index is -0.600. The van der Waals surface area contributed by atoms with Crippen LogP contribution in [0, 0.1) is 17.3 Å². The molecule has 0 unspecified atom stereocenters. The molecule has 1 aromatic rings. The monoisotopic (exact) mass is 413 g/mol. The molecule has 4 atom stereocenters. The summed E-state index contributed by atoms with van der Waals surface area (Å²) < 4.78 is 4.94. The standard InChI is InChI=1S/C26H39NO3/c1-16(2)18-9-11-20-19(15-18)10-12-21-25(20,5)13-8-14-26(21,6)24(29)27-22(17(3)4)23(28)30-7/h9,11,15-17,21-22H,8,10,12-14H2,1-7H3,(H,27,29)/t21-,22+,25-,26-/m1/s1. The Morgan fingerprint density at radius 1 is 1.13 bits per heavy atom. The van der Waals surface area contributed by atoms with Crippen LogP contribution in [0.5, 0.6) is 0 Å². The number of carbonyl (C=O) groups excluding carboxylic acids is 2. The van der Waals surface area contributed by atoms with Crippen molar-refractivity contribution < 1.29 is 14.3 Å². The number of fused-ring (bicyclic) bond motifs is 3. The summed E-state index contributed by atoms with van der Waals surface area (Å²) in [5, 5.41) is 3.06. The number of hydrogen-bond donors (Lipinski definition) is 1. The predicted molar refractivity (Wildman–Crippen MR) is 120 cm³/mol. The first-order valence-electron chi connectivity index (χ1n) is 11.6. The van der Waals surface area contributed by atoms with Gasteiger partial charge >= 0.3 is 5.97 Å². The van der Waals surface area contributed by atoms with Crippen molar-refractivity contribution in [1.82, 2.24) is 5.32 Å². The molecule has 1 N–H and O–H groups in total. The van der Waals surface area contributed by atoms with Gasteiger partial charge in [-0.25, -0.2) is 4.79 Å².